The summed E-state index contributed by atoms with van der Waals surface area (Å²) in [6.07, 6.45) is 4.56. The van der Waals surface area contributed by atoms with Crippen LogP contribution >= 0.6 is 11.3 Å². The van der Waals surface area contributed by atoms with Crippen LogP contribution in [0.1, 0.15) is 47.9 Å². The van der Waals surface area contributed by atoms with Crippen molar-refractivity contribution in [3.8, 4) is 5.75 Å². The van der Waals surface area contributed by atoms with Gasteiger partial charge in [0.2, 0.25) is 0 Å². The fourth-order valence-corrected chi connectivity index (χ4v) is 5.55. The van der Waals surface area contributed by atoms with E-state index in [0.717, 1.165) is 5.56 Å². The number of benzene rings is 1. The first-order chi connectivity index (χ1) is 16.6. The van der Waals surface area contributed by atoms with Gasteiger partial charge in [0.05, 0.1) is 20.8 Å². The van der Waals surface area contributed by atoms with Crippen LogP contribution in [0.2, 0.25) is 0 Å². The molecule has 1 aliphatic rings. The van der Waals surface area contributed by atoms with Crippen molar-refractivity contribution < 1.29 is 19.1 Å². The average molecular weight is 498 g/mol. The number of methoxy groups -OCH3 is 2. The van der Waals surface area contributed by atoms with E-state index in [1.807, 2.05) is 23.4 Å². The van der Waals surface area contributed by atoms with Gasteiger partial charge in [-0.05, 0) is 36.2 Å². The first-order valence-electron chi connectivity index (χ1n) is 11.3. The average Bonchev–Trinajstić information content (AvgIpc) is 3.58. The van der Waals surface area contributed by atoms with E-state index in [2.05, 4.69) is 30.9 Å². The largest absolute Gasteiger partial charge is 0.496 e. The first-order valence-corrected chi connectivity index (χ1v) is 12.2. The maximum Gasteiger partial charge on any atom is 0.335 e. The molecule has 2 aromatic heterocycles. The molecule has 1 amide bonds. The Morgan fingerprint density at radius 2 is 2.00 bits per heavy atom. The van der Waals surface area contributed by atoms with Crippen LogP contribution in [-0.2, 0) is 21.5 Å². The second-order valence-corrected chi connectivity index (χ2v) is 10.7. The molecule has 186 valence electrons. The van der Waals surface area contributed by atoms with Gasteiger partial charge in [-0.1, -0.05) is 26.8 Å². The van der Waals surface area contributed by atoms with Crippen molar-refractivity contribution in [2.24, 2.45) is 0 Å². The molecule has 0 aliphatic carbocycles. The van der Waals surface area contributed by atoms with Crippen LogP contribution in [0, 0.1) is 0 Å². The molecule has 2 atom stereocenters. The summed E-state index contributed by atoms with van der Waals surface area (Å²) in [5.74, 6) is -0.200. The van der Waals surface area contributed by atoms with Gasteiger partial charge in [0.15, 0.2) is 5.54 Å². The number of rotatable bonds is 6. The minimum atomic E-state index is -1.32. The zero-order valence-corrected chi connectivity index (χ0v) is 21.7. The molecule has 35 heavy (non-hydrogen) atoms. The summed E-state index contributed by atoms with van der Waals surface area (Å²) in [6.45, 7) is 6.67. The maximum atomic E-state index is 14.3. The monoisotopic (exact) mass is 497 g/mol. The molecule has 3 aromatic rings. The lowest BCUT2D eigenvalue weighted by molar-refractivity contribution is -0.153. The SMILES string of the molecule is COC(=O)C1(Cn2cccn2)CN(C)C(c2nccs2)N1C(=O)c1ccc(C(C)(C)C)c(OC)c1. The normalized spacial score (nSPS) is 20.7. The van der Waals surface area contributed by atoms with E-state index in [1.54, 1.807) is 53.5 Å². The van der Waals surface area contributed by atoms with E-state index in [9.17, 15) is 9.59 Å². The fourth-order valence-electron chi connectivity index (χ4n) is 4.76. The molecule has 0 radical (unpaired) electrons. The quantitative estimate of drug-likeness (QED) is 0.483. The number of nitrogens with zero attached hydrogens (tertiary/aromatic N) is 5. The van der Waals surface area contributed by atoms with Crippen molar-refractivity contribution in [1.29, 1.82) is 0 Å². The highest BCUT2D eigenvalue weighted by Crippen LogP contribution is 2.43. The van der Waals surface area contributed by atoms with Crippen LogP contribution in [0.15, 0.2) is 48.2 Å². The van der Waals surface area contributed by atoms with Crippen LogP contribution in [0.5, 0.6) is 5.75 Å². The third-order valence-corrected chi connectivity index (χ3v) is 7.15. The van der Waals surface area contributed by atoms with E-state index in [4.69, 9.17) is 9.47 Å². The number of carbonyl (C=O) groups is 2. The van der Waals surface area contributed by atoms with Gasteiger partial charge >= 0.3 is 5.97 Å². The van der Waals surface area contributed by atoms with Crippen LogP contribution in [0.4, 0.5) is 0 Å². The predicted octanol–water partition coefficient (Wildman–Crippen LogP) is 3.34. The summed E-state index contributed by atoms with van der Waals surface area (Å²) in [5, 5.41) is 6.88. The molecule has 2 unspecified atom stereocenters. The number of thiazole rings is 1. The summed E-state index contributed by atoms with van der Waals surface area (Å²) in [5.41, 5.74) is -0.0818. The Labute approximate surface area is 209 Å². The Morgan fingerprint density at radius 1 is 1.23 bits per heavy atom. The first kappa shape index (κ1) is 24.9. The highest BCUT2D eigenvalue weighted by atomic mass is 32.1. The molecule has 4 rings (SSSR count). The van der Waals surface area contributed by atoms with Gasteiger partial charge in [-0.15, -0.1) is 11.3 Å². The van der Waals surface area contributed by atoms with Gasteiger partial charge < -0.3 is 9.47 Å². The standard InChI is InChI=1S/C25H31N5O4S/c1-24(2,3)18-9-8-17(14-19(18)33-5)22(31)30-21(20-26-11-13-35-20)28(4)15-25(30,23(32)34-6)16-29-12-7-10-27-29/h7-14,21H,15-16H2,1-6H3. The van der Waals surface area contributed by atoms with Crippen molar-refractivity contribution in [2.45, 2.75) is 44.4 Å². The molecule has 0 spiro atoms. The van der Waals surface area contributed by atoms with Gasteiger partial charge in [-0.25, -0.2) is 9.78 Å². The lowest BCUT2D eigenvalue weighted by Gasteiger charge is -2.37. The zero-order valence-electron chi connectivity index (χ0n) is 20.9. The number of carbonyl (C=O) groups excluding carboxylic acids is 2. The van der Waals surface area contributed by atoms with Crippen molar-refractivity contribution in [2.75, 3.05) is 27.8 Å². The Bertz CT molecular complexity index is 1190. The van der Waals surface area contributed by atoms with Crippen LogP contribution in [0.3, 0.4) is 0 Å². The molecule has 9 nitrogen and oxygen atoms in total. The third kappa shape index (κ3) is 4.43. The second-order valence-electron chi connectivity index (χ2n) is 9.73. The molecular formula is C25H31N5O4S. The number of esters is 1. The fraction of sp³-hybridized carbons (Fsp3) is 0.440. The molecule has 10 heteroatoms. The van der Waals surface area contributed by atoms with Crippen molar-refractivity contribution in [3.63, 3.8) is 0 Å². The van der Waals surface area contributed by atoms with Gasteiger partial charge in [0, 0.05) is 36.1 Å². The van der Waals surface area contributed by atoms with E-state index in [-0.39, 0.29) is 24.4 Å². The van der Waals surface area contributed by atoms with Crippen LogP contribution in [0.25, 0.3) is 0 Å². The summed E-state index contributed by atoms with van der Waals surface area (Å²) < 4.78 is 12.6. The Balaban J connectivity index is 1.87. The van der Waals surface area contributed by atoms with Crippen molar-refractivity contribution in [1.82, 2.24) is 24.6 Å². The van der Waals surface area contributed by atoms with Gasteiger partial charge in [-0.2, -0.15) is 5.10 Å². The van der Waals surface area contributed by atoms with E-state index in [1.165, 1.54) is 18.4 Å². The lowest BCUT2D eigenvalue weighted by Crippen LogP contribution is -2.58. The van der Waals surface area contributed by atoms with Crippen molar-refractivity contribution >= 4 is 23.2 Å². The molecule has 0 bridgehead atoms. The molecular weight excluding hydrogens is 466 g/mol. The van der Waals surface area contributed by atoms with Gasteiger partial charge in [-0.3, -0.25) is 19.3 Å². The maximum absolute atomic E-state index is 14.3. The Morgan fingerprint density at radius 3 is 2.57 bits per heavy atom. The predicted molar refractivity (Wildman–Crippen MR) is 132 cm³/mol. The van der Waals surface area contributed by atoms with Gasteiger partial charge in [0.1, 0.15) is 16.9 Å². The minimum Gasteiger partial charge on any atom is -0.496 e. The lowest BCUT2D eigenvalue weighted by atomic mass is 9.85. The number of likely N-dealkylation sites (N-methyl/N-ethyl adjacent to an activating group) is 1. The number of aromatic nitrogens is 3. The second kappa shape index (κ2) is 9.43. The summed E-state index contributed by atoms with van der Waals surface area (Å²) in [7, 11) is 4.81. The number of ether oxygens (including phenoxy) is 2. The van der Waals surface area contributed by atoms with Gasteiger partial charge in [0.25, 0.3) is 5.91 Å². The molecule has 1 saturated heterocycles. The Hall–Kier alpha value is -3.24. The molecule has 1 aromatic carbocycles. The van der Waals surface area contributed by atoms with Crippen LogP contribution < -0.4 is 4.74 Å². The smallest absolute Gasteiger partial charge is 0.335 e. The van der Waals surface area contributed by atoms with E-state index < -0.39 is 17.7 Å². The van der Waals surface area contributed by atoms with E-state index in [0.29, 0.717) is 16.3 Å². The number of amides is 1. The van der Waals surface area contributed by atoms with Crippen LogP contribution in [-0.4, -0.2) is 69.8 Å². The highest BCUT2D eigenvalue weighted by molar-refractivity contribution is 7.09. The molecule has 1 aliphatic heterocycles. The summed E-state index contributed by atoms with van der Waals surface area (Å²) in [4.78, 5) is 35.8. The summed E-state index contributed by atoms with van der Waals surface area (Å²) in [6, 6.07) is 7.23. The number of hydrogen-bond donors (Lipinski definition) is 0. The Kier molecular flexibility index (Phi) is 6.70. The zero-order chi connectivity index (χ0) is 25.4. The third-order valence-electron chi connectivity index (χ3n) is 6.33. The highest BCUT2D eigenvalue weighted by Gasteiger charge is 2.59. The minimum absolute atomic E-state index is 0.141. The molecule has 3 heterocycles. The molecule has 0 saturated carbocycles. The van der Waals surface area contributed by atoms with Crippen molar-refractivity contribution in [3.05, 3.63) is 64.4 Å². The topological polar surface area (TPSA) is 89.8 Å². The molecule has 0 N–H and O–H groups in total. The number of hydrogen-bond acceptors (Lipinski definition) is 8. The van der Waals surface area contributed by atoms with E-state index >= 15 is 0 Å². The molecule has 1 fully saturated rings. The summed E-state index contributed by atoms with van der Waals surface area (Å²) >= 11 is 1.44.